The van der Waals surface area contributed by atoms with Crippen LogP contribution in [0.4, 0.5) is 0 Å². The molecular formula is C18H13BrNaO4P. The zero-order valence-electron chi connectivity index (χ0n) is 13.5. The number of hydrogen-bond donors (Lipinski definition) is 0. The summed E-state index contributed by atoms with van der Waals surface area (Å²) in [5, 5.41) is 0. The zero-order valence-corrected chi connectivity index (χ0v) is 17.9. The van der Waals surface area contributed by atoms with Crippen LogP contribution in [0.15, 0.2) is 83.3 Å². The summed E-state index contributed by atoms with van der Waals surface area (Å²) < 4.78 is 22.7. The maximum Gasteiger partial charge on any atom is 1.00 e. The number of halogens is 1. The van der Waals surface area contributed by atoms with Gasteiger partial charge in [-0.25, -0.2) is 4.57 Å². The summed E-state index contributed by atoms with van der Waals surface area (Å²) in [6, 6.07) is 22.9. The monoisotopic (exact) mass is 426 g/mol. The van der Waals surface area contributed by atoms with Crippen LogP contribution in [-0.2, 0) is 4.57 Å². The molecular weight excluding hydrogens is 414 g/mol. The molecule has 0 aliphatic rings. The van der Waals surface area contributed by atoms with Gasteiger partial charge in [-0.1, -0.05) is 64.5 Å². The van der Waals surface area contributed by atoms with E-state index in [4.69, 9.17) is 9.05 Å². The fourth-order valence-corrected chi connectivity index (χ4v) is 3.54. The Morgan fingerprint density at radius 3 is 1.96 bits per heavy atom. The van der Waals surface area contributed by atoms with Crippen LogP contribution < -0.4 is 43.5 Å². The Kier molecular flexibility index (Phi) is 7.32. The second kappa shape index (κ2) is 9.04. The fourth-order valence-electron chi connectivity index (χ4n) is 2.16. The minimum absolute atomic E-state index is 0. The van der Waals surface area contributed by atoms with Crippen LogP contribution in [0.1, 0.15) is 0 Å². The molecule has 0 N–H and O–H groups in total. The van der Waals surface area contributed by atoms with Crippen molar-refractivity contribution in [3.63, 3.8) is 0 Å². The van der Waals surface area contributed by atoms with Gasteiger partial charge >= 0.3 is 37.4 Å². The van der Waals surface area contributed by atoms with Crippen LogP contribution >= 0.6 is 23.8 Å². The van der Waals surface area contributed by atoms with Gasteiger partial charge in [-0.2, -0.15) is 0 Å². The van der Waals surface area contributed by atoms with Gasteiger partial charge in [0.2, 0.25) is 0 Å². The Labute approximate surface area is 176 Å². The third-order valence-electron chi connectivity index (χ3n) is 3.20. The average molecular weight is 427 g/mol. The van der Waals surface area contributed by atoms with Crippen LogP contribution in [0.25, 0.3) is 11.1 Å². The van der Waals surface area contributed by atoms with E-state index >= 15 is 0 Å². The second-order valence-corrected chi connectivity index (χ2v) is 7.06. The predicted octanol–water partition coefficient (Wildman–Crippen LogP) is 2.05. The average Bonchev–Trinajstić information content (AvgIpc) is 2.56. The van der Waals surface area contributed by atoms with Crippen molar-refractivity contribution in [1.82, 2.24) is 0 Å². The van der Waals surface area contributed by atoms with E-state index in [2.05, 4.69) is 15.9 Å². The van der Waals surface area contributed by atoms with Crippen molar-refractivity contribution in [2.45, 2.75) is 0 Å². The Hall–Kier alpha value is -1.07. The van der Waals surface area contributed by atoms with Crippen molar-refractivity contribution in [3.05, 3.63) is 83.3 Å². The van der Waals surface area contributed by atoms with Gasteiger partial charge in [0.05, 0.1) is 0 Å². The standard InChI is InChI=1S/C18H14BrO4P.Na/c19-18-13-16(11-12-17(18)14-7-3-1-4-8-14)23-24(20,21)22-15-9-5-2-6-10-15;/h1-13H,(H,20,21);/q;+1/p-1. The molecule has 0 saturated heterocycles. The second-order valence-electron chi connectivity index (χ2n) is 4.95. The Morgan fingerprint density at radius 1 is 0.800 bits per heavy atom. The van der Waals surface area contributed by atoms with E-state index in [0.717, 1.165) is 15.6 Å². The van der Waals surface area contributed by atoms with Gasteiger partial charge in [-0.15, -0.1) is 0 Å². The summed E-state index contributed by atoms with van der Waals surface area (Å²) in [6.07, 6.45) is 0. The van der Waals surface area contributed by atoms with E-state index in [1.54, 1.807) is 48.5 Å². The summed E-state index contributed by atoms with van der Waals surface area (Å²) in [7, 11) is -4.51. The molecule has 122 valence electrons. The molecule has 0 heterocycles. The minimum Gasteiger partial charge on any atom is -0.736 e. The minimum atomic E-state index is -4.51. The molecule has 0 saturated carbocycles. The van der Waals surface area contributed by atoms with Gasteiger partial charge in [-0.05, 0) is 41.5 Å². The third-order valence-corrected chi connectivity index (χ3v) is 4.73. The SMILES string of the molecule is O=P([O-])(Oc1ccccc1)Oc1ccc(-c2ccccc2)c(Br)c1.[Na+]. The largest absolute Gasteiger partial charge is 1.00 e. The molecule has 3 aromatic carbocycles. The molecule has 0 aromatic heterocycles. The van der Waals surface area contributed by atoms with Crippen molar-refractivity contribution in [1.29, 1.82) is 0 Å². The van der Waals surface area contributed by atoms with Crippen molar-refractivity contribution in [3.8, 4) is 22.6 Å². The van der Waals surface area contributed by atoms with Crippen LogP contribution in [0.2, 0.25) is 0 Å². The number of phosphoric ester groups is 1. The van der Waals surface area contributed by atoms with Crippen molar-refractivity contribution < 1.29 is 48.1 Å². The Bertz CT molecular complexity index is 875. The maximum atomic E-state index is 12.0. The van der Waals surface area contributed by atoms with Crippen molar-refractivity contribution in [2.24, 2.45) is 0 Å². The first kappa shape index (κ1) is 20.2. The zero-order chi connectivity index (χ0) is 17.0. The van der Waals surface area contributed by atoms with Crippen LogP contribution in [-0.4, -0.2) is 0 Å². The topological polar surface area (TPSA) is 58.6 Å². The first-order valence-electron chi connectivity index (χ1n) is 7.14. The smallest absolute Gasteiger partial charge is 0.736 e. The fraction of sp³-hybridized carbons (Fsp3) is 0. The predicted molar refractivity (Wildman–Crippen MR) is 94.9 cm³/mol. The molecule has 0 aliphatic carbocycles. The first-order valence-corrected chi connectivity index (χ1v) is 9.39. The summed E-state index contributed by atoms with van der Waals surface area (Å²) in [6.45, 7) is 0. The number of benzene rings is 3. The molecule has 4 nitrogen and oxygen atoms in total. The molecule has 0 radical (unpaired) electrons. The summed E-state index contributed by atoms with van der Waals surface area (Å²) in [5.41, 5.74) is 1.95. The molecule has 0 bridgehead atoms. The summed E-state index contributed by atoms with van der Waals surface area (Å²) in [4.78, 5) is 12.0. The van der Waals surface area contributed by atoms with Crippen molar-refractivity contribution >= 4 is 23.8 Å². The normalized spacial score (nSPS) is 12.6. The summed E-state index contributed by atoms with van der Waals surface area (Å²) >= 11 is 3.45. The summed E-state index contributed by atoms with van der Waals surface area (Å²) in [5.74, 6) is 0.381. The number of rotatable bonds is 5. The van der Waals surface area contributed by atoms with E-state index in [1.165, 1.54) is 0 Å². The Balaban J connectivity index is 0.00000225. The molecule has 0 amide bonds. The van der Waals surface area contributed by atoms with E-state index in [9.17, 15) is 9.46 Å². The van der Waals surface area contributed by atoms with Crippen LogP contribution in [0.5, 0.6) is 11.5 Å². The molecule has 0 fully saturated rings. The van der Waals surface area contributed by atoms with E-state index < -0.39 is 7.82 Å². The Morgan fingerprint density at radius 2 is 1.36 bits per heavy atom. The number of para-hydroxylation sites is 1. The molecule has 1 unspecified atom stereocenters. The van der Waals surface area contributed by atoms with E-state index in [-0.39, 0.29) is 41.1 Å². The van der Waals surface area contributed by atoms with Crippen LogP contribution in [0.3, 0.4) is 0 Å². The van der Waals surface area contributed by atoms with Gasteiger partial charge in [0.1, 0.15) is 11.5 Å². The molecule has 3 rings (SSSR count). The quantitative estimate of drug-likeness (QED) is 0.462. The number of phosphoric acid groups is 1. The van der Waals surface area contributed by atoms with Gasteiger partial charge in [0.25, 0.3) is 0 Å². The van der Waals surface area contributed by atoms with Gasteiger partial charge in [0, 0.05) is 4.47 Å². The van der Waals surface area contributed by atoms with E-state index in [1.807, 2.05) is 30.3 Å². The van der Waals surface area contributed by atoms with Gasteiger partial charge in [-0.3, -0.25) is 0 Å². The molecule has 7 heteroatoms. The molecule has 3 aromatic rings. The maximum absolute atomic E-state index is 12.0. The molecule has 0 spiro atoms. The van der Waals surface area contributed by atoms with E-state index in [0.29, 0.717) is 0 Å². The third kappa shape index (κ3) is 5.71. The molecule has 0 aliphatic heterocycles. The first-order chi connectivity index (χ1) is 11.5. The van der Waals surface area contributed by atoms with Crippen molar-refractivity contribution in [2.75, 3.05) is 0 Å². The molecule has 25 heavy (non-hydrogen) atoms. The van der Waals surface area contributed by atoms with Crippen LogP contribution in [0, 0.1) is 0 Å². The van der Waals surface area contributed by atoms with Gasteiger partial charge in [0.15, 0.2) is 0 Å². The molecule has 1 atom stereocenters. The number of hydrogen-bond acceptors (Lipinski definition) is 4. The van der Waals surface area contributed by atoms with Gasteiger partial charge < -0.3 is 13.9 Å².